The van der Waals surface area contributed by atoms with E-state index >= 15 is 0 Å². The number of amides is 1. The van der Waals surface area contributed by atoms with Gasteiger partial charge in [-0.2, -0.15) is 5.10 Å². The van der Waals surface area contributed by atoms with E-state index in [1.165, 1.54) is 18.4 Å². The van der Waals surface area contributed by atoms with Gasteiger partial charge in [-0.05, 0) is 61.7 Å². The summed E-state index contributed by atoms with van der Waals surface area (Å²) in [5.41, 5.74) is 4.35. The van der Waals surface area contributed by atoms with Gasteiger partial charge in [-0.1, -0.05) is 24.3 Å². The Kier molecular flexibility index (Phi) is 6.00. The number of hydrogen-bond acceptors (Lipinski definition) is 4. The molecule has 2 aliphatic heterocycles. The number of benzene rings is 1. The Morgan fingerprint density at radius 2 is 1.87 bits per heavy atom. The molecule has 31 heavy (non-hydrogen) atoms. The summed E-state index contributed by atoms with van der Waals surface area (Å²) in [5.74, 6) is 0.395. The highest BCUT2D eigenvalue weighted by Crippen LogP contribution is 2.21. The largest absolute Gasteiger partial charge is 0.379 e. The van der Waals surface area contributed by atoms with Crippen molar-refractivity contribution in [3.05, 3.63) is 71.5 Å². The second kappa shape index (κ2) is 9.20. The summed E-state index contributed by atoms with van der Waals surface area (Å²) in [6, 6.07) is 14.4. The van der Waals surface area contributed by atoms with Gasteiger partial charge >= 0.3 is 0 Å². The lowest BCUT2D eigenvalue weighted by molar-refractivity contribution is 0.0735. The molecular formula is C25H30N4O2. The van der Waals surface area contributed by atoms with E-state index in [9.17, 15) is 4.79 Å². The maximum absolute atomic E-state index is 13.6. The van der Waals surface area contributed by atoms with Crippen molar-refractivity contribution in [2.45, 2.75) is 25.8 Å². The highest BCUT2D eigenvalue weighted by Gasteiger charge is 2.26. The third-order valence-corrected chi connectivity index (χ3v) is 6.50. The number of carbonyl (C=O) groups excluding carboxylic acids is 1. The van der Waals surface area contributed by atoms with Crippen molar-refractivity contribution >= 4 is 11.4 Å². The van der Waals surface area contributed by atoms with E-state index < -0.39 is 0 Å². The van der Waals surface area contributed by atoms with Crippen LogP contribution in [0.1, 0.15) is 34.3 Å². The van der Waals surface area contributed by atoms with E-state index in [0.717, 1.165) is 42.7 Å². The molecule has 4 heterocycles. The molecule has 0 saturated carbocycles. The Bertz CT molecular complexity index is 1040. The summed E-state index contributed by atoms with van der Waals surface area (Å²) in [6.07, 6.45) is 7.18. The fourth-order valence-electron chi connectivity index (χ4n) is 4.90. The van der Waals surface area contributed by atoms with Crippen LogP contribution in [-0.2, 0) is 17.7 Å². The van der Waals surface area contributed by atoms with Crippen LogP contribution >= 0.6 is 0 Å². The lowest BCUT2D eigenvalue weighted by Gasteiger charge is -2.25. The van der Waals surface area contributed by atoms with E-state index in [1.54, 1.807) is 0 Å². The number of rotatable bonds is 5. The first-order chi connectivity index (χ1) is 15.3. The van der Waals surface area contributed by atoms with Crippen molar-refractivity contribution in [1.29, 1.82) is 0 Å². The first-order valence-electron chi connectivity index (χ1n) is 11.4. The third-order valence-electron chi connectivity index (χ3n) is 6.50. The van der Waals surface area contributed by atoms with Gasteiger partial charge in [0, 0.05) is 43.5 Å². The summed E-state index contributed by atoms with van der Waals surface area (Å²) in [5, 5.41) is 4.34. The molecule has 0 N–H and O–H groups in total. The fraction of sp³-hybridized carbons (Fsp3) is 0.440. The van der Waals surface area contributed by atoms with Crippen molar-refractivity contribution in [1.82, 2.24) is 19.4 Å². The first kappa shape index (κ1) is 20.2. The molecule has 2 saturated heterocycles. The summed E-state index contributed by atoms with van der Waals surface area (Å²) in [6.45, 7) is 5.74. The Hall–Kier alpha value is -2.70. The molecule has 1 aromatic carbocycles. The van der Waals surface area contributed by atoms with E-state index in [1.807, 2.05) is 52.1 Å². The van der Waals surface area contributed by atoms with E-state index in [0.29, 0.717) is 26.3 Å². The summed E-state index contributed by atoms with van der Waals surface area (Å²) in [7, 11) is 0. The number of hydrogen-bond donors (Lipinski definition) is 0. The topological polar surface area (TPSA) is 50.1 Å². The number of aromatic nitrogens is 2. The first-order valence-corrected chi connectivity index (χ1v) is 11.4. The van der Waals surface area contributed by atoms with Gasteiger partial charge in [-0.15, -0.1) is 0 Å². The molecule has 6 heteroatoms. The van der Waals surface area contributed by atoms with Crippen molar-refractivity contribution in [3.8, 4) is 0 Å². The monoisotopic (exact) mass is 418 g/mol. The normalized spacial score (nSPS) is 20.3. The molecule has 0 radical (unpaired) electrons. The summed E-state index contributed by atoms with van der Waals surface area (Å²) >= 11 is 0. The number of pyridine rings is 1. The smallest absolute Gasteiger partial charge is 0.254 e. The summed E-state index contributed by atoms with van der Waals surface area (Å²) < 4.78 is 7.81. The SMILES string of the molecule is O=C(c1ccccc1CN1CCCC1)N1CCOC[C@@H](Cc2cccn3nccc23)C1. The molecule has 2 fully saturated rings. The number of fused-ring (bicyclic) bond motifs is 1. The lowest BCUT2D eigenvalue weighted by Crippen LogP contribution is -2.37. The molecule has 1 atom stereocenters. The maximum atomic E-state index is 13.6. The molecule has 0 aliphatic carbocycles. The van der Waals surface area contributed by atoms with E-state index in [2.05, 4.69) is 22.1 Å². The molecule has 0 spiro atoms. The third kappa shape index (κ3) is 4.50. The van der Waals surface area contributed by atoms with Crippen LogP contribution in [0.3, 0.4) is 0 Å². The minimum atomic E-state index is 0.132. The van der Waals surface area contributed by atoms with Gasteiger partial charge < -0.3 is 9.64 Å². The van der Waals surface area contributed by atoms with Gasteiger partial charge in [-0.25, -0.2) is 4.52 Å². The minimum absolute atomic E-state index is 0.132. The van der Waals surface area contributed by atoms with Gasteiger partial charge in [0.2, 0.25) is 0 Å². The van der Waals surface area contributed by atoms with Crippen LogP contribution in [0.5, 0.6) is 0 Å². The van der Waals surface area contributed by atoms with Crippen molar-refractivity contribution in [2.24, 2.45) is 5.92 Å². The Labute approximate surface area is 183 Å². The Balaban J connectivity index is 1.33. The predicted molar refractivity (Wildman–Crippen MR) is 120 cm³/mol. The number of likely N-dealkylation sites (tertiary alicyclic amines) is 1. The highest BCUT2D eigenvalue weighted by molar-refractivity contribution is 5.95. The van der Waals surface area contributed by atoms with Crippen molar-refractivity contribution < 1.29 is 9.53 Å². The van der Waals surface area contributed by atoms with Gasteiger partial charge in [0.25, 0.3) is 5.91 Å². The molecule has 3 aromatic rings. The van der Waals surface area contributed by atoms with Gasteiger partial charge in [-0.3, -0.25) is 9.69 Å². The zero-order valence-electron chi connectivity index (χ0n) is 17.9. The molecule has 162 valence electrons. The zero-order chi connectivity index (χ0) is 21.0. The molecule has 1 amide bonds. The molecule has 5 rings (SSSR count). The zero-order valence-corrected chi connectivity index (χ0v) is 17.9. The number of carbonyl (C=O) groups is 1. The van der Waals surface area contributed by atoms with Crippen molar-refractivity contribution in [3.63, 3.8) is 0 Å². The molecule has 2 aromatic heterocycles. The molecule has 2 aliphatic rings. The van der Waals surface area contributed by atoms with Gasteiger partial charge in [0.1, 0.15) is 0 Å². The fourth-order valence-corrected chi connectivity index (χ4v) is 4.90. The lowest BCUT2D eigenvalue weighted by atomic mass is 9.98. The average Bonchev–Trinajstić information content (AvgIpc) is 3.43. The molecule has 0 bridgehead atoms. The predicted octanol–water partition coefficient (Wildman–Crippen LogP) is 3.26. The van der Waals surface area contributed by atoms with Crippen LogP contribution in [0.15, 0.2) is 54.9 Å². The quantitative estimate of drug-likeness (QED) is 0.638. The van der Waals surface area contributed by atoms with Crippen LogP contribution in [-0.4, -0.2) is 64.7 Å². The van der Waals surface area contributed by atoms with Gasteiger partial charge in [0.15, 0.2) is 0 Å². The molecule has 6 nitrogen and oxygen atoms in total. The van der Waals surface area contributed by atoms with Crippen LogP contribution < -0.4 is 0 Å². The number of nitrogens with zero attached hydrogens (tertiary/aromatic N) is 4. The van der Waals surface area contributed by atoms with Crippen LogP contribution in [0, 0.1) is 5.92 Å². The molecular weight excluding hydrogens is 388 g/mol. The molecule has 0 unspecified atom stereocenters. The minimum Gasteiger partial charge on any atom is -0.379 e. The second-order valence-corrected chi connectivity index (χ2v) is 8.73. The standard InChI is InChI=1S/C25H30N4O2/c30-25(23-8-2-1-6-22(23)18-27-11-3-4-12-27)28-14-15-31-19-20(17-28)16-21-7-5-13-29-24(21)9-10-26-29/h1-2,5-10,13,20H,3-4,11-12,14-19H2/t20-/m0/s1. The van der Waals surface area contributed by atoms with E-state index in [4.69, 9.17) is 4.74 Å². The average molecular weight is 419 g/mol. The maximum Gasteiger partial charge on any atom is 0.254 e. The van der Waals surface area contributed by atoms with Crippen LogP contribution in [0.4, 0.5) is 0 Å². The van der Waals surface area contributed by atoms with E-state index in [-0.39, 0.29) is 11.8 Å². The van der Waals surface area contributed by atoms with Crippen LogP contribution in [0.25, 0.3) is 5.52 Å². The number of ether oxygens (including phenoxy) is 1. The van der Waals surface area contributed by atoms with Crippen molar-refractivity contribution in [2.75, 3.05) is 39.4 Å². The Morgan fingerprint density at radius 1 is 1.03 bits per heavy atom. The summed E-state index contributed by atoms with van der Waals surface area (Å²) in [4.78, 5) is 18.0. The highest BCUT2D eigenvalue weighted by atomic mass is 16.5. The Morgan fingerprint density at radius 3 is 2.77 bits per heavy atom. The van der Waals surface area contributed by atoms with Crippen LogP contribution in [0.2, 0.25) is 0 Å². The van der Waals surface area contributed by atoms with Gasteiger partial charge in [0.05, 0.1) is 18.7 Å². The second-order valence-electron chi connectivity index (χ2n) is 8.73.